The number of benzene rings is 1. The van der Waals surface area contributed by atoms with Crippen molar-refractivity contribution in [2.24, 2.45) is 11.7 Å². The van der Waals surface area contributed by atoms with Gasteiger partial charge < -0.3 is 0 Å². The van der Waals surface area contributed by atoms with Gasteiger partial charge in [-0.3, -0.25) is 5.43 Å². The number of carbonyl (C=O) groups is 1. The summed E-state index contributed by atoms with van der Waals surface area (Å²) in [6, 6.07) is 6.47. The number of nitrogens with one attached hydrogen (secondary N) is 2. The number of carbonyl (C=O) groups excluding carboxylic acids is 1. The minimum atomic E-state index is -3.88. The summed E-state index contributed by atoms with van der Waals surface area (Å²) < 4.78 is 23.2. The first-order valence-corrected chi connectivity index (χ1v) is 5.58. The third-order valence-corrected chi connectivity index (χ3v) is 2.94. The van der Waals surface area contributed by atoms with Crippen molar-refractivity contribution >= 4 is 16.1 Å². The summed E-state index contributed by atoms with van der Waals surface area (Å²) >= 11 is 0. The Hall–Kier alpha value is -1.68. The molecule has 0 saturated carbocycles. The number of rotatable bonds is 3. The highest BCUT2D eigenvalue weighted by atomic mass is 32.2. The lowest BCUT2D eigenvalue weighted by atomic mass is 10.4. The van der Waals surface area contributed by atoms with Crippen molar-refractivity contribution in [1.29, 1.82) is 0 Å². The van der Waals surface area contributed by atoms with Gasteiger partial charge in [0.25, 0.3) is 10.0 Å². The standard InChI is InChI=1S/C7H11N5O3S/c8-10-7(13)12(9)11-16(14,15)6-4-2-1-3-5-6/h1-5,11H,8-9H2,(H,10,13). The van der Waals surface area contributed by atoms with Crippen molar-refractivity contribution in [3.63, 3.8) is 0 Å². The van der Waals surface area contributed by atoms with Gasteiger partial charge in [0.05, 0.1) is 4.90 Å². The van der Waals surface area contributed by atoms with Crippen LogP contribution in [0.5, 0.6) is 0 Å². The Morgan fingerprint density at radius 2 is 1.81 bits per heavy atom. The third kappa shape index (κ3) is 2.90. The third-order valence-electron chi connectivity index (χ3n) is 1.61. The van der Waals surface area contributed by atoms with Gasteiger partial charge in [0, 0.05) is 0 Å². The van der Waals surface area contributed by atoms with Crippen molar-refractivity contribution in [2.45, 2.75) is 4.90 Å². The number of hydrogen-bond acceptors (Lipinski definition) is 5. The van der Waals surface area contributed by atoms with Crippen molar-refractivity contribution in [2.75, 3.05) is 0 Å². The number of hydrazine groups is 3. The van der Waals surface area contributed by atoms with Gasteiger partial charge >= 0.3 is 6.03 Å². The summed E-state index contributed by atoms with van der Waals surface area (Å²) in [6.07, 6.45) is 0. The summed E-state index contributed by atoms with van der Waals surface area (Å²) in [6.45, 7) is 0. The van der Waals surface area contributed by atoms with Crippen molar-refractivity contribution in [1.82, 2.24) is 15.4 Å². The molecule has 1 aromatic rings. The van der Waals surface area contributed by atoms with Crippen LogP contribution in [-0.2, 0) is 10.0 Å². The minimum Gasteiger partial charge on any atom is -0.274 e. The molecule has 0 spiro atoms. The Morgan fingerprint density at radius 1 is 1.25 bits per heavy atom. The maximum absolute atomic E-state index is 11.6. The average molecular weight is 245 g/mol. The van der Waals surface area contributed by atoms with E-state index in [1.165, 1.54) is 12.1 Å². The second-order valence-corrected chi connectivity index (χ2v) is 4.39. The number of nitrogens with zero attached hydrogens (tertiary/aromatic N) is 1. The van der Waals surface area contributed by atoms with Crippen molar-refractivity contribution in [3.8, 4) is 0 Å². The molecule has 0 radical (unpaired) electrons. The zero-order valence-electron chi connectivity index (χ0n) is 8.12. The molecule has 1 aromatic carbocycles. The van der Waals surface area contributed by atoms with E-state index >= 15 is 0 Å². The van der Waals surface area contributed by atoms with Crippen LogP contribution in [0.3, 0.4) is 0 Å². The maximum Gasteiger partial charge on any atom is 0.361 e. The van der Waals surface area contributed by atoms with Crippen LogP contribution in [-0.4, -0.2) is 19.6 Å². The smallest absolute Gasteiger partial charge is 0.274 e. The molecule has 88 valence electrons. The monoisotopic (exact) mass is 245 g/mol. The summed E-state index contributed by atoms with van der Waals surface area (Å²) in [4.78, 5) is 12.7. The molecule has 6 N–H and O–H groups in total. The number of urea groups is 1. The quantitative estimate of drug-likeness (QED) is 0.297. The highest BCUT2D eigenvalue weighted by Gasteiger charge is 2.18. The van der Waals surface area contributed by atoms with E-state index in [9.17, 15) is 13.2 Å². The Morgan fingerprint density at radius 3 is 2.31 bits per heavy atom. The Balaban J connectivity index is 2.85. The van der Waals surface area contributed by atoms with Gasteiger partial charge in [-0.15, -0.1) is 4.83 Å². The molecule has 0 atom stereocenters. The van der Waals surface area contributed by atoms with E-state index in [-0.39, 0.29) is 10.0 Å². The van der Waals surface area contributed by atoms with E-state index in [1.807, 2.05) is 4.83 Å². The lowest BCUT2D eigenvalue weighted by Gasteiger charge is -2.16. The Bertz CT molecular complexity index is 460. The van der Waals surface area contributed by atoms with Gasteiger partial charge in [0.1, 0.15) is 0 Å². The molecular formula is C7H11N5O3S. The molecule has 9 heteroatoms. The molecule has 0 aliphatic carbocycles. The maximum atomic E-state index is 11.6. The molecule has 0 heterocycles. The lowest BCUT2D eigenvalue weighted by Crippen LogP contribution is -2.56. The van der Waals surface area contributed by atoms with E-state index in [4.69, 9.17) is 11.7 Å². The van der Waals surface area contributed by atoms with Crippen molar-refractivity contribution in [3.05, 3.63) is 30.3 Å². The summed E-state index contributed by atoms with van der Waals surface area (Å²) in [5.74, 6) is 9.88. The molecule has 16 heavy (non-hydrogen) atoms. The fourth-order valence-corrected chi connectivity index (χ4v) is 1.86. The second-order valence-electron chi connectivity index (χ2n) is 2.73. The van der Waals surface area contributed by atoms with Crippen LogP contribution in [0.4, 0.5) is 4.79 Å². The molecule has 2 amide bonds. The zero-order chi connectivity index (χ0) is 12.2. The predicted octanol–water partition coefficient (Wildman–Crippen LogP) is -1.36. The molecule has 1 rings (SSSR count). The van der Waals surface area contributed by atoms with Crippen LogP contribution in [0, 0.1) is 0 Å². The van der Waals surface area contributed by atoms with E-state index in [2.05, 4.69) is 0 Å². The molecule has 0 fully saturated rings. The molecule has 0 aromatic heterocycles. The van der Waals surface area contributed by atoms with Gasteiger partial charge in [-0.25, -0.2) is 24.9 Å². The van der Waals surface area contributed by atoms with E-state index < -0.39 is 16.1 Å². The van der Waals surface area contributed by atoms with Crippen LogP contribution < -0.4 is 21.9 Å². The number of hydrogen-bond donors (Lipinski definition) is 4. The van der Waals surface area contributed by atoms with Crippen LogP contribution in [0.25, 0.3) is 0 Å². The summed E-state index contributed by atoms with van der Waals surface area (Å²) in [5, 5.41) is 0.238. The molecular weight excluding hydrogens is 234 g/mol. The van der Waals surface area contributed by atoms with Crippen LogP contribution in [0.2, 0.25) is 0 Å². The first kappa shape index (κ1) is 12.4. The van der Waals surface area contributed by atoms with Crippen LogP contribution in [0.1, 0.15) is 0 Å². The zero-order valence-corrected chi connectivity index (χ0v) is 8.94. The first-order valence-electron chi connectivity index (χ1n) is 4.10. The summed E-state index contributed by atoms with van der Waals surface area (Å²) in [5.41, 5.74) is 1.67. The fraction of sp³-hybridized carbons (Fsp3) is 0. The minimum absolute atomic E-state index is 0.0183. The SMILES string of the molecule is NNC(=O)N(N)NS(=O)(=O)c1ccccc1. The predicted molar refractivity (Wildman–Crippen MR) is 55.5 cm³/mol. The number of sulfonamides is 1. The van der Waals surface area contributed by atoms with Gasteiger partial charge in [-0.2, -0.15) is 5.12 Å². The van der Waals surface area contributed by atoms with Gasteiger partial charge in [0.2, 0.25) is 0 Å². The molecule has 0 aliphatic rings. The number of amides is 2. The van der Waals surface area contributed by atoms with E-state index in [1.54, 1.807) is 23.6 Å². The molecule has 0 unspecified atom stereocenters. The first-order chi connectivity index (χ1) is 7.47. The van der Waals surface area contributed by atoms with Gasteiger partial charge in [-0.05, 0) is 12.1 Å². The van der Waals surface area contributed by atoms with E-state index in [0.29, 0.717) is 0 Å². The highest BCUT2D eigenvalue weighted by Crippen LogP contribution is 2.06. The molecule has 0 bridgehead atoms. The largest absolute Gasteiger partial charge is 0.361 e. The molecule has 8 nitrogen and oxygen atoms in total. The van der Waals surface area contributed by atoms with Crippen LogP contribution in [0.15, 0.2) is 35.2 Å². The molecule has 0 aliphatic heterocycles. The van der Waals surface area contributed by atoms with Gasteiger partial charge in [-0.1, -0.05) is 18.2 Å². The van der Waals surface area contributed by atoms with Gasteiger partial charge in [0.15, 0.2) is 0 Å². The lowest BCUT2D eigenvalue weighted by molar-refractivity contribution is 0.190. The van der Waals surface area contributed by atoms with E-state index in [0.717, 1.165) is 0 Å². The fourth-order valence-electron chi connectivity index (χ4n) is 0.893. The normalized spacial score (nSPS) is 10.9. The number of nitrogens with two attached hydrogens (primary N) is 2. The van der Waals surface area contributed by atoms with Crippen LogP contribution >= 0.6 is 0 Å². The summed E-state index contributed by atoms with van der Waals surface area (Å²) in [7, 11) is -3.88. The topological polar surface area (TPSA) is 131 Å². The Kier molecular flexibility index (Phi) is 3.79. The molecule has 0 saturated heterocycles. The highest BCUT2D eigenvalue weighted by molar-refractivity contribution is 7.89. The Labute approximate surface area is 92.2 Å². The second kappa shape index (κ2) is 4.90. The van der Waals surface area contributed by atoms with Crippen molar-refractivity contribution < 1.29 is 13.2 Å². The average Bonchev–Trinajstić information content (AvgIpc) is 2.28.